The Bertz CT molecular complexity index is 579. The van der Waals surface area contributed by atoms with Gasteiger partial charge >= 0.3 is 0 Å². The number of nitro groups is 1. The summed E-state index contributed by atoms with van der Waals surface area (Å²) in [6.07, 6.45) is 0.623. The van der Waals surface area contributed by atoms with Crippen LogP contribution in [0.2, 0.25) is 0 Å². The van der Waals surface area contributed by atoms with Gasteiger partial charge in [-0.05, 0) is 17.4 Å². The highest BCUT2D eigenvalue weighted by atomic mass is 79.9. The van der Waals surface area contributed by atoms with Gasteiger partial charge in [-0.15, -0.1) is 0 Å². The molecule has 0 fully saturated rings. The summed E-state index contributed by atoms with van der Waals surface area (Å²) < 4.78 is 0. The molecule has 0 heterocycles. The molecule has 0 saturated carbocycles. The van der Waals surface area contributed by atoms with Crippen LogP contribution in [0, 0.1) is 15.5 Å². The standard InChI is InChI=1S/C16H21BrN2O4/c1-16(2,3)9-15(21)18-13(14(20)10-17)8-11-4-6-12(7-5-11)19(22)23/h4-7,13H,8-10H2,1-3H3,(H,18,21)/t13-/m0/s1. The number of Topliss-reactive ketones (excluding diaryl/α,β-unsaturated/α-hetero) is 1. The van der Waals surface area contributed by atoms with E-state index in [1.54, 1.807) is 12.1 Å². The molecule has 0 spiro atoms. The van der Waals surface area contributed by atoms with Crippen LogP contribution in [0.15, 0.2) is 24.3 Å². The normalized spacial score (nSPS) is 12.5. The van der Waals surface area contributed by atoms with Crippen LogP contribution in [-0.2, 0) is 16.0 Å². The zero-order chi connectivity index (χ0) is 17.6. The van der Waals surface area contributed by atoms with Crippen molar-refractivity contribution in [1.29, 1.82) is 0 Å². The molecule has 1 atom stereocenters. The van der Waals surface area contributed by atoms with Gasteiger partial charge in [-0.1, -0.05) is 48.8 Å². The molecule has 0 bridgehead atoms. The highest BCUT2D eigenvalue weighted by molar-refractivity contribution is 9.09. The molecule has 0 aromatic heterocycles. The van der Waals surface area contributed by atoms with Crippen molar-refractivity contribution in [3.8, 4) is 0 Å². The number of amides is 1. The van der Waals surface area contributed by atoms with E-state index in [0.717, 1.165) is 5.56 Å². The first-order valence-electron chi connectivity index (χ1n) is 7.24. The van der Waals surface area contributed by atoms with Crippen molar-refractivity contribution < 1.29 is 14.5 Å². The number of benzene rings is 1. The number of rotatable bonds is 7. The predicted molar refractivity (Wildman–Crippen MR) is 91.6 cm³/mol. The first-order chi connectivity index (χ1) is 10.6. The third-order valence-electron chi connectivity index (χ3n) is 3.13. The molecule has 23 heavy (non-hydrogen) atoms. The number of ketones is 1. The summed E-state index contributed by atoms with van der Waals surface area (Å²) in [6, 6.07) is 5.33. The molecular formula is C16H21BrN2O4. The van der Waals surface area contributed by atoms with Gasteiger partial charge in [-0.2, -0.15) is 0 Å². The lowest BCUT2D eigenvalue weighted by atomic mass is 9.91. The van der Waals surface area contributed by atoms with Crippen LogP contribution in [0.4, 0.5) is 5.69 Å². The second-order valence-corrected chi connectivity index (χ2v) is 7.15. The molecule has 1 aromatic rings. The molecule has 0 saturated heterocycles. The average Bonchev–Trinajstić information content (AvgIpc) is 2.44. The molecule has 126 valence electrons. The van der Waals surface area contributed by atoms with E-state index in [9.17, 15) is 19.7 Å². The van der Waals surface area contributed by atoms with E-state index in [-0.39, 0.29) is 28.1 Å². The molecule has 0 aliphatic carbocycles. The third-order valence-corrected chi connectivity index (χ3v) is 3.69. The maximum atomic E-state index is 12.1. The zero-order valence-electron chi connectivity index (χ0n) is 13.5. The number of non-ortho nitro benzene ring substituents is 1. The van der Waals surface area contributed by atoms with E-state index in [1.807, 2.05) is 20.8 Å². The SMILES string of the molecule is CC(C)(C)CC(=O)N[C@@H](Cc1ccc([N+](=O)[O-])cc1)C(=O)CBr. The number of nitro benzene ring substituents is 1. The predicted octanol–water partition coefficient (Wildman–Crippen LogP) is 3.02. The molecule has 0 aliphatic heterocycles. The summed E-state index contributed by atoms with van der Waals surface area (Å²) in [5.74, 6) is -0.315. The fourth-order valence-electron chi connectivity index (χ4n) is 2.05. The number of nitrogens with zero attached hydrogens (tertiary/aromatic N) is 1. The largest absolute Gasteiger partial charge is 0.346 e. The van der Waals surface area contributed by atoms with Crippen LogP contribution in [-0.4, -0.2) is 28.0 Å². The number of alkyl halides is 1. The summed E-state index contributed by atoms with van der Waals surface area (Å²) in [6.45, 7) is 5.85. The molecule has 1 rings (SSSR count). The topological polar surface area (TPSA) is 89.3 Å². The Labute approximate surface area is 143 Å². The molecule has 1 aromatic carbocycles. The van der Waals surface area contributed by atoms with Crippen LogP contribution >= 0.6 is 15.9 Å². The molecule has 7 heteroatoms. The number of carbonyl (C=O) groups excluding carboxylic acids is 2. The molecule has 1 N–H and O–H groups in total. The van der Waals surface area contributed by atoms with Crippen molar-refractivity contribution in [2.45, 2.75) is 39.7 Å². The van der Waals surface area contributed by atoms with Crippen LogP contribution in [0.5, 0.6) is 0 Å². The summed E-state index contributed by atoms with van der Waals surface area (Å²) in [4.78, 5) is 34.3. The maximum Gasteiger partial charge on any atom is 0.269 e. The van der Waals surface area contributed by atoms with Gasteiger partial charge in [0.1, 0.15) is 0 Å². The van der Waals surface area contributed by atoms with Gasteiger partial charge in [-0.25, -0.2) is 0 Å². The van der Waals surface area contributed by atoms with Gasteiger partial charge in [-0.3, -0.25) is 19.7 Å². The molecular weight excluding hydrogens is 364 g/mol. The third kappa shape index (κ3) is 6.90. The smallest absolute Gasteiger partial charge is 0.269 e. The Kier molecular flexibility index (Phi) is 6.87. The number of hydrogen-bond donors (Lipinski definition) is 1. The highest BCUT2D eigenvalue weighted by Gasteiger charge is 2.23. The number of carbonyl (C=O) groups is 2. The van der Waals surface area contributed by atoms with Gasteiger partial charge in [0.05, 0.1) is 16.3 Å². The van der Waals surface area contributed by atoms with Crippen molar-refractivity contribution in [2.75, 3.05) is 5.33 Å². The molecule has 6 nitrogen and oxygen atoms in total. The second kappa shape index (κ2) is 8.19. The van der Waals surface area contributed by atoms with E-state index < -0.39 is 11.0 Å². The van der Waals surface area contributed by atoms with Crippen molar-refractivity contribution in [1.82, 2.24) is 5.32 Å². The Morgan fingerprint density at radius 3 is 2.26 bits per heavy atom. The van der Waals surface area contributed by atoms with Gasteiger partial charge in [0.2, 0.25) is 5.91 Å². The Morgan fingerprint density at radius 1 is 1.26 bits per heavy atom. The Balaban J connectivity index is 2.80. The summed E-state index contributed by atoms with van der Waals surface area (Å²) in [7, 11) is 0. The lowest BCUT2D eigenvalue weighted by molar-refractivity contribution is -0.384. The second-order valence-electron chi connectivity index (χ2n) is 6.59. The monoisotopic (exact) mass is 384 g/mol. The van der Waals surface area contributed by atoms with Gasteiger partial charge in [0, 0.05) is 18.6 Å². The first-order valence-corrected chi connectivity index (χ1v) is 8.36. The molecule has 0 unspecified atom stereocenters. The minimum atomic E-state index is -0.648. The Morgan fingerprint density at radius 2 is 1.83 bits per heavy atom. The number of nitrogens with one attached hydrogen (secondary N) is 1. The minimum Gasteiger partial charge on any atom is -0.346 e. The minimum absolute atomic E-state index is 0.00566. The van der Waals surface area contributed by atoms with E-state index in [2.05, 4.69) is 21.2 Å². The number of hydrogen-bond acceptors (Lipinski definition) is 4. The molecule has 0 aliphatic rings. The lowest BCUT2D eigenvalue weighted by Gasteiger charge is -2.21. The average molecular weight is 385 g/mol. The van der Waals surface area contributed by atoms with Gasteiger partial charge in [0.25, 0.3) is 5.69 Å². The van der Waals surface area contributed by atoms with Crippen molar-refractivity contribution in [2.24, 2.45) is 5.41 Å². The quantitative estimate of drug-likeness (QED) is 0.444. The summed E-state index contributed by atoms with van der Waals surface area (Å²) >= 11 is 3.12. The van der Waals surface area contributed by atoms with E-state index in [1.165, 1.54) is 12.1 Å². The van der Waals surface area contributed by atoms with E-state index in [4.69, 9.17) is 0 Å². The van der Waals surface area contributed by atoms with Crippen LogP contribution in [0.1, 0.15) is 32.8 Å². The van der Waals surface area contributed by atoms with Gasteiger partial charge < -0.3 is 5.32 Å². The molecule has 0 radical (unpaired) electrons. The highest BCUT2D eigenvalue weighted by Crippen LogP contribution is 2.18. The van der Waals surface area contributed by atoms with E-state index in [0.29, 0.717) is 12.8 Å². The Hall–Kier alpha value is -1.76. The summed E-state index contributed by atoms with van der Waals surface area (Å²) in [5, 5.41) is 13.6. The number of halogens is 1. The van der Waals surface area contributed by atoms with Crippen molar-refractivity contribution in [3.63, 3.8) is 0 Å². The van der Waals surface area contributed by atoms with Crippen molar-refractivity contribution >= 4 is 33.3 Å². The van der Waals surface area contributed by atoms with Crippen molar-refractivity contribution in [3.05, 3.63) is 39.9 Å². The zero-order valence-corrected chi connectivity index (χ0v) is 15.1. The van der Waals surface area contributed by atoms with Crippen LogP contribution in [0.3, 0.4) is 0 Å². The fraction of sp³-hybridized carbons (Fsp3) is 0.500. The molecule has 1 amide bonds. The fourth-order valence-corrected chi connectivity index (χ4v) is 2.45. The van der Waals surface area contributed by atoms with Crippen LogP contribution < -0.4 is 5.32 Å². The summed E-state index contributed by atoms with van der Waals surface area (Å²) in [5.41, 5.74) is 0.583. The maximum absolute atomic E-state index is 12.1. The lowest BCUT2D eigenvalue weighted by Crippen LogP contribution is -2.44. The van der Waals surface area contributed by atoms with Crippen LogP contribution in [0.25, 0.3) is 0 Å². The van der Waals surface area contributed by atoms with Gasteiger partial charge in [0.15, 0.2) is 5.78 Å². The first kappa shape index (κ1) is 19.3. The van der Waals surface area contributed by atoms with E-state index >= 15 is 0 Å².